The summed E-state index contributed by atoms with van der Waals surface area (Å²) in [4.78, 5) is 0. The van der Waals surface area contributed by atoms with E-state index in [2.05, 4.69) is 85.0 Å². The Labute approximate surface area is 170 Å². The zero-order valence-corrected chi connectivity index (χ0v) is 16.7. The Hall–Kier alpha value is -0.877. The average Bonchev–Trinajstić information content (AvgIpc) is 2.98. The smallest absolute Gasteiger partial charge is 1.00 e. The molecule has 4 rings (SSSR count). The van der Waals surface area contributed by atoms with E-state index in [1.807, 2.05) is 0 Å². The van der Waals surface area contributed by atoms with Gasteiger partial charge in [-0.25, -0.2) is 0 Å². The maximum Gasteiger partial charge on any atom is 4.00 e. The molecule has 0 spiro atoms. The maximum atomic E-state index is 2.18. The Balaban J connectivity index is 0.000000372. The van der Waals surface area contributed by atoms with Gasteiger partial charge in [0.1, 0.15) is 0 Å². The normalized spacial score (nSPS) is 12.9. The van der Waals surface area contributed by atoms with Gasteiger partial charge in [-0.1, -0.05) is 37.1 Å². The third-order valence-corrected chi connectivity index (χ3v) is 3.61. The zero-order valence-electron chi connectivity index (χ0n) is 12.8. The van der Waals surface area contributed by atoms with Crippen LogP contribution in [-0.2, 0) is 39.0 Å². The molecule has 0 unspecified atom stereocenters. The average molecular weight is 420 g/mol. The molecule has 0 saturated heterocycles. The van der Waals surface area contributed by atoms with Gasteiger partial charge >= 0.3 is 26.2 Å². The Kier molecular flexibility index (Phi) is 11.2. The molecule has 0 aliphatic heterocycles. The molecule has 0 fully saturated rings. The first-order chi connectivity index (χ1) is 9.93. The topological polar surface area (TPSA) is 0 Å². The molecule has 0 amide bonds. The predicted octanol–water partition coefficient (Wildman–Crippen LogP) is -0.932. The molecule has 2 aromatic rings. The second-order valence-electron chi connectivity index (χ2n) is 5.00. The van der Waals surface area contributed by atoms with Crippen molar-refractivity contribution in [3.05, 3.63) is 95.1 Å². The number of rotatable bonds is 0. The van der Waals surface area contributed by atoms with Crippen LogP contribution in [0.3, 0.4) is 0 Å². The molecular weight excluding hydrogens is 402 g/mol. The van der Waals surface area contributed by atoms with E-state index in [0.29, 0.717) is 0 Å². The zero-order chi connectivity index (χ0) is 13.6. The number of allylic oxidation sites excluding steroid dienone is 6. The SMILES string of the molecule is C1=CCc2cc[cH-]c2C=C1.C1=CCc2cc[cH-]c2C=C1.[Cl-].[Cl-].[Zr+4]. The number of hydrogen-bond donors (Lipinski definition) is 0. The van der Waals surface area contributed by atoms with Crippen molar-refractivity contribution >= 4 is 12.2 Å². The van der Waals surface area contributed by atoms with Gasteiger partial charge in [0.25, 0.3) is 0 Å². The minimum Gasteiger partial charge on any atom is -1.00 e. The predicted molar refractivity (Wildman–Crippen MR) is 87.8 cm³/mol. The molecule has 0 N–H and O–H groups in total. The van der Waals surface area contributed by atoms with E-state index in [-0.39, 0.29) is 51.0 Å². The Morgan fingerprint density at radius 1 is 0.652 bits per heavy atom. The molecule has 3 heteroatoms. The van der Waals surface area contributed by atoms with Crippen LogP contribution in [0.4, 0.5) is 0 Å². The summed E-state index contributed by atoms with van der Waals surface area (Å²) in [5.74, 6) is 0. The molecule has 0 heterocycles. The second kappa shape index (κ2) is 11.6. The van der Waals surface area contributed by atoms with Gasteiger partial charge in [0.15, 0.2) is 0 Å². The van der Waals surface area contributed by atoms with Gasteiger partial charge in [0.05, 0.1) is 0 Å². The summed E-state index contributed by atoms with van der Waals surface area (Å²) < 4.78 is 0. The summed E-state index contributed by atoms with van der Waals surface area (Å²) in [6, 6.07) is 12.9. The largest absolute Gasteiger partial charge is 4.00 e. The first kappa shape index (κ1) is 22.1. The van der Waals surface area contributed by atoms with Crippen molar-refractivity contribution < 1.29 is 51.0 Å². The molecule has 0 nitrogen and oxygen atoms in total. The molecule has 0 atom stereocenters. The van der Waals surface area contributed by atoms with E-state index in [1.54, 1.807) is 0 Å². The summed E-state index contributed by atoms with van der Waals surface area (Å²) >= 11 is 0. The van der Waals surface area contributed by atoms with Gasteiger partial charge in [0.2, 0.25) is 0 Å². The Morgan fingerprint density at radius 2 is 1.09 bits per heavy atom. The summed E-state index contributed by atoms with van der Waals surface area (Å²) in [7, 11) is 0. The van der Waals surface area contributed by atoms with E-state index in [1.165, 1.54) is 22.3 Å². The van der Waals surface area contributed by atoms with E-state index < -0.39 is 0 Å². The van der Waals surface area contributed by atoms with Crippen molar-refractivity contribution in [1.82, 2.24) is 0 Å². The van der Waals surface area contributed by atoms with Crippen LogP contribution in [0, 0.1) is 0 Å². The number of halogens is 2. The fourth-order valence-electron chi connectivity index (χ4n) is 2.50. The number of hydrogen-bond acceptors (Lipinski definition) is 0. The van der Waals surface area contributed by atoms with Crippen LogP contribution in [-0.4, -0.2) is 0 Å². The van der Waals surface area contributed by atoms with E-state index in [9.17, 15) is 0 Å². The van der Waals surface area contributed by atoms with Gasteiger partial charge in [0, 0.05) is 0 Å². The van der Waals surface area contributed by atoms with Crippen LogP contribution in [0.2, 0.25) is 0 Å². The monoisotopic (exact) mass is 418 g/mol. The quantitative estimate of drug-likeness (QED) is 0.483. The van der Waals surface area contributed by atoms with Gasteiger partial charge in [-0.05, 0) is 0 Å². The summed E-state index contributed by atoms with van der Waals surface area (Å²) in [5, 5.41) is 0. The second-order valence-corrected chi connectivity index (χ2v) is 5.00. The summed E-state index contributed by atoms with van der Waals surface area (Å²) in [5.41, 5.74) is 5.60. The fourth-order valence-corrected chi connectivity index (χ4v) is 2.50. The Morgan fingerprint density at radius 3 is 1.52 bits per heavy atom. The summed E-state index contributed by atoms with van der Waals surface area (Å²) in [6.45, 7) is 0. The standard InChI is InChI=1S/2C10H9.2ClH.Zr/c2*1-2-5-9-7-4-8-10(9)6-3-1;;;/h2*1-5,7-8H,6H2;2*1H;/q2*-1;;;+4/p-2. The number of fused-ring (bicyclic) bond motifs is 2. The molecule has 0 radical (unpaired) electrons. The van der Waals surface area contributed by atoms with Gasteiger partial charge in [-0.2, -0.15) is 46.5 Å². The molecular formula is C20H18Cl2Zr. The minimum atomic E-state index is 0. The third kappa shape index (κ3) is 6.26. The molecule has 0 saturated carbocycles. The van der Waals surface area contributed by atoms with Crippen molar-refractivity contribution in [2.45, 2.75) is 12.8 Å². The van der Waals surface area contributed by atoms with Crippen molar-refractivity contribution in [1.29, 1.82) is 0 Å². The van der Waals surface area contributed by atoms with Gasteiger partial charge in [-0.3, -0.25) is 0 Å². The molecule has 2 aliphatic carbocycles. The molecule has 0 bridgehead atoms. The maximum absolute atomic E-state index is 2.18. The molecule has 2 aliphatic rings. The van der Waals surface area contributed by atoms with Crippen LogP contribution < -0.4 is 24.8 Å². The van der Waals surface area contributed by atoms with Gasteiger partial charge in [-0.15, -0.1) is 36.4 Å². The van der Waals surface area contributed by atoms with E-state index >= 15 is 0 Å². The van der Waals surface area contributed by atoms with Crippen molar-refractivity contribution in [2.24, 2.45) is 0 Å². The summed E-state index contributed by atoms with van der Waals surface area (Å²) in [6.07, 6.45) is 19.2. The van der Waals surface area contributed by atoms with Crippen molar-refractivity contribution in [2.75, 3.05) is 0 Å². The van der Waals surface area contributed by atoms with Crippen LogP contribution in [0.25, 0.3) is 12.2 Å². The van der Waals surface area contributed by atoms with Crippen LogP contribution in [0.15, 0.2) is 72.9 Å². The van der Waals surface area contributed by atoms with E-state index in [4.69, 9.17) is 0 Å². The fraction of sp³-hybridized carbons (Fsp3) is 0.100. The first-order valence-electron chi connectivity index (χ1n) is 7.09. The molecule has 23 heavy (non-hydrogen) atoms. The van der Waals surface area contributed by atoms with Crippen LogP contribution in [0.5, 0.6) is 0 Å². The van der Waals surface area contributed by atoms with Crippen LogP contribution >= 0.6 is 0 Å². The van der Waals surface area contributed by atoms with Crippen LogP contribution in [0.1, 0.15) is 22.3 Å². The van der Waals surface area contributed by atoms with Crippen molar-refractivity contribution in [3.8, 4) is 0 Å². The molecule has 0 aromatic heterocycles. The molecule has 116 valence electrons. The van der Waals surface area contributed by atoms with Gasteiger partial charge < -0.3 is 24.8 Å². The first-order valence-corrected chi connectivity index (χ1v) is 7.09. The molecule has 2 aromatic carbocycles. The van der Waals surface area contributed by atoms with Crippen molar-refractivity contribution in [3.63, 3.8) is 0 Å². The third-order valence-electron chi connectivity index (χ3n) is 3.61. The van der Waals surface area contributed by atoms with E-state index in [0.717, 1.165) is 12.8 Å². The Bertz CT molecular complexity index is 624. The minimum absolute atomic E-state index is 0.